The summed E-state index contributed by atoms with van der Waals surface area (Å²) in [6.45, 7) is 7.80. The van der Waals surface area contributed by atoms with Gasteiger partial charge in [0.1, 0.15) is 6.04 Å². The highest BCUT2D eigenvalue weighted by atomic mass is 32.2. The molecule has 0 bridgehead atoms. The van der Waals surface area contributed by atoms with Gasteiger partial charge in [0, 0.05) is 5.69 Å². The van der Waals surface area contributed by atoms with Gasteiger partial charge in [-0.2, -0.15) is 0 Å². The molecule has 5 nitrogen and oxygen atoms in total. The predicted octanol–water partition coefficient (Wildman–Crippen LogP) is 4.30. The molecule has 1 amide bonds. The zero-order valence-corrected chi connectivity index (χ0v) is 18.1. The highest BCUT2D eigenvalue weighted by molar-refractivity contribution is 7.92. The molecule has 2 aromatic carbocycles. The van der Waals surface area contributed by atoms with Crippen LogP contribution in [0.2, 0.25) is 0 Å². The highest BCUT2D eigenvalue weighted by Crippen LogP contribution is 2.27. The zero-order chi connectivity index (χ0) is 20.9. The number of amides is 1. The van der Waals surface area contributed by atoms with E-state index in [9.17, 15) is 13.2 Å². The second-order valence-electron chi connectivity index (χ2n) is 6.97. The number of para-hydroxylation sites is 1. The largest absolute Gasteiger partial charge is 0.324 e. The summed E-state index contributed by atoms with van der Waals surface area (Å²) < 4.78 is 26.4. The lowest BCUT2D eigenvalue weighted by molar-refractivity contribution is -0.117. The van der Waals surface area contributed by atoms with Gasteiger partial charge in [0.25, 0.3) is 0 Å². The van der Waals surface area contributed by atoms with E-state index in [0.717, 1.165) is 41.5 Å². The Morgan fingerprint density at radius 1 is 1.04 bits per heavy atom. The van der Waals surface area contributed by atoms with E-state index in [0.29, 0.717) is 12.1 Å². The van der Waals surface area contributed by atoms with Crippen LogP contribution in [-0.2, 0) is 27.7 Å². The molecule has 0 heterocycles. The Bertz CT molecular complexity index is 916. The minimum atomic E-state index is -3.64. The molecule has 0 radical (unpaired) electrons. The maximum absolute atomic E-state index is 13.2. The SMILES string of the molecule is CCc1cccc(CC)c1NC(=O)C(CC)N(c1cccc(C)c1)S(C)(=O)=O. The van der Waals surface area contributed by atoms with Gasteiger partial charge in [0.2, 0.25) is 15.9 Å². The van der Waals surface area contributed by atoms with Crippen molar-refractivity contribution in [2.75, 3.05) is 15.9 Å². The van der Waals surface area contributed by atoms with Gasteiger partial charge < -0.3 is 5.32 Å². The van der Waals surface area contributed by atoms with Gasteiger partial charge in [0.05, 0.1) is 11.9 Å². The minimum absolute atomic E-state index is 0.315. The Labute approximate surface area is 168 Å². The lowest BCUT2D eigenvalue weighted by atomic mass is 10.0. The minimum Gasteiger partial charge on any atom is -0.324 e. The van der Waals surface area contributed by atoms with Crippen LogP contribution in [0.15, 0.2) is 42.5 Å². The van der Waals surface area contributed by atoms with E-state index >= 15 is 0 Å². The number of benzene rings is 2. The summed E-state index contributed by atoms with van der Waals surface area (Å²) >= 11 is 0. The molecule has 6 heteroatoms. The molecule has 0 saturated heterocycles. The van der Waals surface area contributed by atoms with E-state index in [1.54, 1.807) is 18.2 Å². The lowest BCUT2D eigenvalue weighted by Crippen LogP contribution is -2.47. The van der Waals surface area contributed by atoms with Gasteiger partial charge in [-0.3, -0.25) is 9.10 Å². The quantitative estimate of drug-likeness (QED) is 0.716. The number of sulfonamides is 1. The highest BCUT2D eigenvalue weighted by Gasteiger charge is 2.32. The van der Waals surface area contributed by atoms with Crippen molar-refractivity contribution in [1.82, 2.24) is 0 Å². The van der Waals surface area contributed by atoms with Crippen molar-refractivity contribution in [3.8, 4) is 0 Å². The topological polar surface area (TPSA) is 66.5 Å². The van der Waals surface area contributed by atoms with Crippen LogP contribution in [0.5, 0.6) is 0 Å². The fraction of sp³-hybridized carbons (Fsp3) is 0.409. The lowest BCUT2D eigenvalue weighted by Gasteiger charge is -2.30. The van der Waals surface area contributed by atoms with E-state index in [2.05, 4.69) is 5.32 Å². The number of anilines is 2. The molecule has 0 saturated carbocycles. The number of hydrogen-bond acceptors (Lipinski definition) is 3. The second-order valence-corrected chi connectivity index (χ2v) is 8.83. The average molecular weight is 403 g/mol. The number of nitrogens with one attached hydrogen (secondary N) is 1. The summed E-state index contributed by atoms with van der Waals surface area (Å²) in [7, 11) is -3.64. The van der Waals surface area contributed by atoms with E-state index in [1.807, 2.05) is 52.0 Å². The van der Waals surface area contributed by atoms with Gasteiger partial charge in [-0.25, -0.2) is 8.42 Å². The first-order valence-electron chi connectivity index (χ1n) is 9.70. The smallest absolute Gasteiger partial charge is 0.248 e. The van der Waals surface area contributed by atoms with Crippen LogP contribution < -0.4 is 9.62 Å². The van der Waals surface area contributed by atoms with Crippen LogP contribution >= 0.6 is 0 Å². The van der Waals surface area contributed by atoms with Gasteiger partial charge >= 0.3 is 0 Å². The predicted molar refractivity (Wildman–Crippen MR) is 116 cm³/mol. The number of rotatable bonds is 8. The number of hydrogen-bond donors (Lipinski definition) is 1. The number of aryl methyl sites for hydroxylation is 3. The van der Waals surface area contributed by atoms with E-state index in [-0.39, 0.29) is 5.91 Å². The summed E-state index contributed by atoms with van der Waals surface area (Å²) in [4.78, 5) is 13.2. The van der Waals surface area contributed by atoms with E-state index < -0.39 is 16.1 Å². The van der Waals surface area contributed by atoms with Crippen molar-refractivity contribution in [2.45, 2.75) is 53.0 Å². The molecule has 1 unspecified atom stereocenters. The number of nitrogens with zero attached hydrogens (tertiary/aromatic N) is 1. The van der Waals surface area contributed by atoms with Crippen LogP contribution in [0.3, 0.4) is 0 Å². The first kappa shape index (κ1) is 22.0. The van der Waals surface area contributed by atoms with Gasteiger partial charge in [-0.05, 0) is 55.0 Å². The Morgan fingerprint density at radius 2 is 1.61 bits per heavy atom. The third-order valence-electron chi connectivity index (χ3n) is 4.83. The Morgan fingerprint density at radius 3 is 2.07 bits per heavy atom. The van der Waals surface area contributed by atoms with E-state index in [4.69, 9.17) is 0 Å². The summed E-state index contributed by atoms with van der Waals surface area (Å²) in [6, 6.07) is 12.3. The third-order valence-corrected chi connectivity index (χ3v) is 6.01. The molecular formula is C22H30N2O3S. The van der Waals surface area contributed by atoms with Gasteiger partial charge in [-0.1, -0.05) is 51.1 Å². The van der Waals surface area contributed by atoms with Crippen molar-refractivity contribution in [1.29, 1.82) is 0 Å². The Balaban J connectivity index is 2.46. The van der Waals surface area contributed by atoms with Crippen LogP contribution in [0.1, 0.15) is 43.9 Å². The zero-order valence-electron chi connectivity index (χ0n) is 17.3. The number of carbonyl (C=O) groups is 1. The molecule has 1 atom stereocenters. The maximum Gasteiger partial charge on any atom is 0.248 e. The molecule has 0 aliphatic rings. The molecule has 0 aliphatic carbocycles. The molecule has 0 aromatic heterocycles. The normalized spacial score (nSPS) is 12.5. The van der Waals surface area contributed by atoms with Gasteiger partial charge in [0.15, 0.2) is 0 Å². The maximum atomic E-state index is 13.2. The summed E-state index contributed by atoms with van der Waals surface area (Å²) in [6.07, 6.45) is 3.08. The number of carbonyl (C=O) groups excluding carboxylic acids is 1. The fourth-order valence-corrected chi connectivity index (χ4v) is 4.64. The molecule has 2 rings (SSSR count). The average Bonchev–Trinajstić information content (AvgIpc) is 2.64. The van der Waals surface area contributed by atoms with E-state index in [1.165, 1.54) is 4.31 Å². The monoisotopic (exact) mass is 402 g/mol. The molecule has 2 aromatic rings. The molecule has 0 fully saturated rings. The van der Waals surface area contributed by atoms with Crippen molar-refractivity contribution < 1.29 is 13.2 Å². The Kier molecular flexibility index (Phi) is 7.24. The van der Waals surface area contributed by atoms with Crippen LogP contribution in [0, 0.1) is 6.92 Å². The van der Waals surface area contributed by atoms with Crippen LogP contribution in [-0.4, -0.2) is 26.6 Å². The summed E-state index contributed by atoms with van der Waals surface area (Å²) in [5.74, 6) is -0.315. The standard InChI is InChI=1S/C22H30N2O3S/c1-6-17-12-10-13-18(7-2)21(17)23-22(25)20(8-3)24(28(5,26)27)19-14-9-11-16(4)15-19/h9-15,20H,6-8H2,1-5H3,(H,23,25). The summed E-state index contributed by atoms with van der Waals surface area (Å²) in [5.41, 5.74) is 4.33. The second kappa shape index (κ2) is 9.24. The fourth-order valence-electron chi connectivity index (χ4n) is 3.43. The molecule has 152 valence electrons. The third kappa shape index (κ3) is 4.93. The van der Waals surface area contributed by atoms with Crippen LogP contribution in [0.25, 0.3) is 0 Å². The first-order chi connectivity index (χ1) is 13.2. The summed E-state index contributed by atoms with van der Waals surface area (Å²) in [5, 5.41) is 3.02. The molecular weight excluding hydrogens is 372 g/mol. The first-order valence-corrected chi connectivity index (χ1v) is 11.5. The van der Waals surface area contributed by atoms with Crippen molar-refractivity contribution >= 4 is 27.3 Å². The molecule has 28 heavy (non-hydrogen) atoms. The van der Waals surface area contributed by atoms with Crippen molar-refractivity contribution in [3.63, 3.8) is 0 Å². The molecule has 1 N–H and O–H groups in total. The van der Waals surface area contributed by atoms with Crippen LogP contribution in [0.4, 0.5) is 11.4 Å². The molecule has 0 aliphatic heterocycles. The van der Waals surface area contributed by atoms with Crippen molar-refractivity contribution in [2.24, 2.45) is 0 Å². The molecule has 0 spiro atoms. The Hall–Kier alpha value is -2.34. The van der Waals surface area contributed by atoms with Crippen molar-refractivity contribution in [3.05, 3.63) is 59.2 Å². The van der Waals surface area contributed by atoms with Gasteiger partial charge in [-0.15, -0.1) is 0 Å².